The van der Waals surface area contributed by atoms with Crippen molar-refractivity contribution in [3.05, 3.63) is 12.7 Å². The molecule has 0 aromatic carbocycles. The molecule has 0 amide bonds. The summed E-state index contributed by atoms with van der Waals surface area (Å²) in [6, 6.07) is 0. The summed E-state index contributed by atoms with van der Waals surface area (Å²) in [6.07, 6.45) is 5.08. The van der Waals surface area contributed by atoms with Gasteiger partial charge in [-0.15, -0.1) is 0 Å². The van der Waals surface area contributed by atoms with Gasteiger partial charge >= 0.3 is 5.97 Å². The van der Waals surface area contributed by atoms with Crippen LogP contribution in [0.4, 0.5) is 0 Å². The number of rotatable bonds is 12. The Kier molecular flexibility index (Phi) is 12.5. The van der Waals surface area contributed by atoms with E-state index in [4.69, 9.17) is 14.2 Å². The van der Waals surface area contributed by atoms with Crippen molar-refractivity contribution >= 4 is 5.97 Å². The summed E-state index contributed by atoms with van der Waals surface area (Å²) in [5.74, 6) is -0.380. The van der Waals surface area contributed by atoms with Crippen LogP contribution in [0, 0.1) is 0 Å². The molecule has 0 radical (unpaired) electrons. The van der Waals surface area contributed by atoms with E-state index in [0.717, 1.165) is 38.6 Å². The molecule has 0 fully saturated rings. The maximum atomic E-state index is 10.7. The average molecular weight is 244 g/mol. The van der Waals surface area contributed by atoms with Gasteiger partial charge in [0.1, 0.15) is 0 Å². The van der Waals surface area contributed by atoms with Crippen molar-refractivity contribution < 1.29 is 19.0 Å². The third-order valence-electron chi connectivity index (χ3n) is 2.06. The molecular weight excluding hydrogens is 220 g/mol. The Balaban J connectivity index is 2.98. The number of hydrogen-bond donors (Lipinski definition) is 0. The van der Waals surface area contributed by atoms with Crippen LogP contribution in [0.3, 0.4) is 0 Å². The van der Waals surface area contributed by atoms with E-state index in [2.05, 4.69) is 13.5 Å². The van der Waals surface area contributed by atoms with Crippen molar-refractivity contribution in [2.75, 3.05) is 33.0 Å². The van der Waals surface area contributed by atoms with Crippen LogP contribution in [0.1, 0.15) is 32.6 Å². The molecule has 0 aromatic heterocycles. The highest BCUT2D eigenvalue weighted by atomic mass is 16.5. The minimum absolute atomic E-state index is 0.380. The summed E-state index contributed by atoms with van der Waals surface area (Å²) < 4.78 is 15.5. The molecule has 0 spiro atoms. The van der Waals surface area contributed by atoms with Crippen LogP contribution >= 0.6 is 0 Å². The van der Waals surface area contributed by atoms with E-state index in [1.165, 1.54) is 6.42 Å². The normalized spacial score (nSPS) is 10.2. The van der Waals surface area contributed by atoms with Crippen LogP contribution in [-0.4, -0.2) is 39.0 Å². The van der Waals surface area contributed by atoms with Gasteiger partial charge in [0.2, 0.25) is 0 Å². The third-order valence-corrected chi connectivity index (χ3v) is 2.06. The fraction of sp³-hybridized carbons (Fsp3) is 0.769. The molecule has 0 aliphatic carbocycles. The van der Waals surface area contributed by atoms with Crippen molar-refractivity contribution in [1.29, 1.82) is 0 Å². The highest BCUT2D eigenvalue weighted by Crippen LogP contribution is 1.92. The molecule has 100 valence electrons. The van der Waals surface area contributed by atoms with Gasteiger partial charge in [0.15, 0.2) is 0 Å². The maximum absolute atomic E-state index is 10.7. The van der Waals surface area contributed by atoms with Gasteiger partial charge in [-0.25, -0.2) is 4.79 Å². The lowest BCUT2D eigenvalue weighted by atomic mass is 10.4. The monoisotopic (exact) mass is 244 g/mol. The topological polar surface area (TPSA) is 44.8 Å². The maximum Gasteiger partial charge on any atom is 0.330 e. The van der Waals surface area contributed by atoms with Crippen molar-refractivity contribution in [2.24, 2.45) is 0 Å². The van der Waals surface area contributed by atoms with E-state index in [1.54, 1.807) is 0 Å². The highest BCUT2D eigenvalue weighted by Gasteiger charge is 1.95. The SMILES string of the molecule is C=CC(=O)OCCCOCCCOCCCC. The summed E-state index contributed by atoms with van der Waals surface area (Å²) in [4.78, 5) is 10.7. The molecule has 0 unspecified atom stereocenters. The largest absolute Gasteiger partial charge is 0.462 e. The Morgan fingerprint density at radius 2 is 1.53 bits per heavy atom. The van der Waals surface area contributed by atoms with E-state index in [9.17, 15) is 4.79 Å². The summed E-state index contributed by atoms with van der Waals surface area (Å²) in [6.45, 7) is 8.75. The summed E-state index contributed by atoms with van der Waals surface area (Å²) in [5.41, 5.74) is 0. The Labute approximate surface area is 104 Å². The Morgan fingerprint density at radius 3 is 2.06 bits per heavy atom. The molecule has 0 saturated carbocycles. The highest BCUT2D eigenvalue weighted by molar-refractivity contribution is 5.81. The second kappa shape index (κ2) is 13.2. The molecule has 0 aromatic rings. The van der Waals surface area contributed by atoms with Gasteiger partial charge in [-0.2, -0.15) is 0 Å². The predicted octanol–water partition coefficient (Wildman–Crippen LogP) is 2.33. The van der Waals surface area contributed by atoms with Gasteiger partial charge in [0, 0.05) is 38.9 Å². The first-order valence-electron chi connectivity index (χ1n) is 6.26. The first-order chi connectivity index (χ1) is 8.31. The van der Waals surface area contributed by atoms with Crippen LogP contribution in [0.2, 0.25) is 0 Å². The van der Waals surface area contributed by atoms with Gasteiger partial charge < -0.3 is 14.2 Å². The standard InChI is InChI=1S/C13H24O4/c1-3-5-8-15-9-6-10-16-11-7-12-17-13(14)4-2/h4H,2-3,5-12H2,1H3. The summed E-state index contributed by atoms with van der Waals surface area (Å²) in [5, 5.41) is 0. The number of unbranched alkanes of at least 4 members (excludes halogenated alkanes) is 1. The summed E-state index contributed by atoms with van der Waals surface area (Å²) >= 11 is 0. The van der Waals surface area contributed by atoms with E-state index in [-0.39, 0.29) is 5.97 Å². The molecule has 0 saturated heterocycles. The number of carbonyl (C=O) groups excluding carboxylic acids is 1. The molecule has 0 atom stereocenters. The molecule has 4 nitrogen and oxygen atoms in total. The first-order valence-corrected chi connectivity index (χ1v) is 6.26. The van der Waals surface area contributed by atoms with E-state index in [0.29, 0.717) is 19.8 Å². The van der Waals surface area contributed by atoms with E-state index < -0.39 is 0 Å². The van der Waals surface area contributed by atoms with E-state index in [1.807, 2.05) is 0 Å². The molecule has 0 heterocycles. The molecule has 4 heteroatoms. The van der Waals surface area contributed by atoms with Gasteiger partial charge in [0.25, 0.3) is 0 Å². The Bertz CT molecular complexity index is 192. The predicted molar refractivity (Wildman–Crippen MR) is 66.9 cm³/mol. The molecular formula is C13H24O4. The third kappa shape index (κ3) is 13.1. The van der Waals surface area contributed by atoms with Gasteiger partial charge in [-0.1, -0.05) is 19.9 Å². The lowest BCUT2D eigenvalue weighted by molar-refractivity contribution is -0.138. The quantitative estimate of drug-likeness (QED) is 0.300. The Morgan fingerprint density at radius 1 is 1.00 bits per heavy atom. The molecule has 0 rings (SSSR count). The van der Waals surface area contributed by atoms with Crippen molar-refractivity contribution in [3.63, 3.8) is 0 Å². The average Bonchev–Trinajstić information content (AvgIpc) is 2.35. The smallest absolute Gasteiger partial charge is 0.330 e. The molecule has 0 aliphatic rings. The minimum atomic E-state index is -0.380. The number of esters is 1. The number of ether oxygens (including phenoxy) is 3. The zero-order valence-electron chi connectivity index (χ0n) is 10.8. The van der Waals surface area contributed by atoms with Crippen LogP contribution in [-0.2, 0) is 19.0 Å². The first kappa shape index (κ1) is 16.1. The molecule has 0 N–H and O–H groups in total. The van der Waals surface area contributed by atoms with Crippen LogP contribution in [0.5, 0.6) is 0 Å². The second-order valence-electron chi connectivity index (χ2n) is 3.66. The van der Waals surface area contributed by atoms with Crippen molar-refractivity contribution in [3.8, 4) is 0 Å². The van der Waals surface area contributed by atoms with Gasteiger partial charge in [-0.3, -0.25) is 0 Å². The van der Waals surface area contributed by atoms with Crippen LogP contribution in [0.25, 0.3) is 0 Å². The van der Waals surface area contributed by atoms with Crippen molar-refractivity contribution in [1.82, 2.24) is 0 Å². The summed E-state index contributed by atoms with van der Waals surface area (Å²) in [7, 11) is 0. The second-order valence-corrected chi connectivity index (χ2v) is 3.66. The van der Waals surface area contributed by atoms with Crippen LogP contribution < -0.4 is 0 Å². The lowest BCUT2D eigenvalue weighted by Crippen LogP contribution is -2.07. The Hall–Kier alpha value is -0.870. The molecule has 0 aliphatic heterocycles. The fourth-order valence-corrected chi connectivity index (χ4v) is 1.11. The van der Waals surface area contributed by atoms with E-state index >= 15 is 0 Å². The molecule has 0 bridgehead atoms. The number of carbonyl (C=O) groups is 1. The van der Waals surface area contributed by atoms with Crippen molar-refractivity contribution in [2.45, 2.75) is 32.6 Å². The molecule has 17 heavy (non-hydrogen) atoms. The van der Waals surface area contributed by atoms with Gasteiger partial charge in [0.05, 0.1) is 6.61 Å². The zero-order chi connectivity index (χ0) is 12.8. The minimum Gasteiger partial charge on any atom is -0.462 e. The van der Waals surface area contributed by atoms with Crippen LogP contribution in [0.15, 0.2) is 12.7 Å². The lowest BCUT2D eigenvalue weighted by Gasteiger charge is -2.05. The van der Waals surface area contributed by atoms with Gasteiger partial charge in [-0.05, 0) is 12.8 Å². The fourth-order valence-electron chi connectivity index (χ4n) is 1.11. The zero-order valence-corrected chi connectivity index (χ0v) is 10.8. The number of hydrogen-bond acceptors (Lipinski definition) is 4.